The zero-order valence-electron chi connectivity index (χ0n) is 18.2. The van der Waals surface area contributed by atoms with E-state index in [0.717, 1.165) is 12.0 Å². The lowest BCUT2D eigenvalue weighted by atomic mass is 10.0. The summed E-state index contributed by atoms with van der Waals surface area (Å²) in [4.78, 5) is 0. The molecule has 29 heavy (non-hydrogen) atoms. The van der Waals surface area contributed by atoms with Crippen LogP contribution < -0.4 is 0 Å². The molecule has 2 aromatic rings. The lowest BCUT2D eigenvalue weighted by molar-refractivity contribution is 0.536. The van der Waals surface area contributed by atoms with Crippen LogP contribution in [0.4, 0.5) is 0 Å². The summed E-state index contributed by atoms with van der Waals surface area (Å²) in [5.41, 5.74) is 3.55. The summed E-state index contributed by atoms with van der Waals surface area (Å²) in [6.45, 7) is 0. The van der Waals surface area contributed by atoms with Crippen LogP contribution in [0.25, 0.3) is 0 Å². The number of hydrogen-bond acceptors (Lipinski definition) is 1. The van der Waals surface area contributed by atoms with Crippen LogP contribution in [0.1, 0.15) is 100 Å². The third-order valence-corrected chi connectivity index (χ3v) is 5.89. The summed E-state index contributed by atoms with van der Waals surface area (Å²) in [7, 11) is 0. The van der Waals surface area contributed by atoms with Crippen LogP contribution in [0.2, 0.25) is 0 Å². The molecule has 0 fully saturated rings. The fourth-order valence-corrected chi connectivity index (χ4v) is 4.08. The van der Waals surface area contributed by atoms with E-state index in [0.29, 0.717) is 0 Å². The number of unbranched alkanes of at least 4 members (excludes halogenated alkanes) is 12. The molecule has 1 nitrogen and oxygen atoms in total. The quantitative estimate of drug-likeness (QED) is 0.264. The summed E-state index contributed by atoms with van der Waals surface area (Å²) in [6.07, 6.45) is 20.1. The molecule has 0 bridgehead atoms. The zero-order valence-corrected chi connectivity index (χ0v) is 18.2. The second-order valence-electron chi connectivity index (χ2n) is 8.35. The number of rotatable bonds is 16. The molecule has 0 amide bonds. The summed E-state index contributed by atoms with van der Waals surface area (Å²) in [5, 5.41) is 9.13. The van der Waals surface area contributed by atoms with Crippen molar-refractivity contribution in [3.63, 3.8) is 0 Å². The molecule has 2 rings (SSSR count). The summed E-state index contributed by atoms with van der Waals surface area (Å²) in [6, 6.07) is 21.2. The third kappa shape index (κ3) is 10.9. The van der Waals surface area contributed by atoms with Crippen LogP contribution >= 0.6 is 0 Å². The van der Waals surface area contributed by atoms with Crippen LogP contribution in [0.3, 0.4) is 0 Å². The van der Waals surface area contributed by atoms with Crippen molar-refractivity contribution in [3.05, 3.63) is 71.3 Å². The highest BCUT2D eigenvalue weighted by molar-refractivity contribution is 5.37. The highest BCUT2D eigenvalue weighted by Gasteiger charge is 2.00. The smallest absolute Gasteiger partial charge is 0.0994 e. The summed E-state index contributed by atoms with van der Waals surface area (Å²) in [5.74, 6) is 0. The van der Waals surface area contributed by atoms with E-state index in [4.69, 9.17) is 5.26 Å². The molecule has 0 aliphatic carbocycles. The van der Waals surface area contributed by atoms with Crippen molar-refractivity contribution in [1.82, 2.24) is 0 Å². The molecule has 0 saturated heterocycles. The average molecular weight is 390 g/mol. The van der Waals surface area contributed by atoms with Crippen LogP contribution in [0.15, 0.2) is 54.6 Å². The predicted molar refractivity (Wildman–Crippen MR) is 125 cm³/mol. The van der Waals surface area contributed by atoms with E-state index in [9.17, 15) is 0 Å². The molecule has 0 radical (unpaired) electrons. The Kier molecular flexibility index (Phi) is 12.7. The van der Waals surface area contributed by atoms with Gasteiger partial charge in [0.05, 0.1) is 11.6 Å². The number of aryl methyl sites for hydroxylation is 2. The van der Waals surface area contributed by atoms with Gasteiger partial charge >= 0.3 is 0 Å². The van der Waals surface area contributed by atoms with Crippen LogP contribution in [0, 0.1) is 11.3 Å². The Balaban J connectivity index is 1.31. The van der Waals surface area contributed by atoms with Crippen molar-refractivity contribution in [2.45, 2.75) is 96.3 Å². The van der Waals surface area contributed by atoms with Crippen molar-refractivity contribution in [2.24, 2.45) is 0 Å². The van der Waals surface area contributed by atoms with Crippen LogP contribution in [0.5, 0.6) is 0 Å². The first-order chi connectivity index (χ1) is 14.4. The molecule has 0 aliphatic heterocycles. The highest BCUT2D eigenvalue weighted by Crippen LogP contribution is 2.15. The monoisotopic (exact) mass is 389 g/mol. The van der Waals surface area contributed by atoms with Crippen LogP contribution in [-0.4, -0.2) is 0 Å². The fourth-order valence-electron chi connectivity index (χ4n) is 4.08. The molecule has 1 heteroatoms. The standard InChI is InChI=1S/C28H39N/c29-25-28-24-18-17-23-27(28)22-16-11-9-7-5-3-1-2-4-6-8-10-13-19-26-20-14-12-15-21-26/h12,14-15,17-18,20-21,23-24H,1-11,13,16,19,22H2. The van der Waals surface area contributed by atoms with Crippen molar-refractivity contribution in [3.8, 4) is 6.07 Å². The van der Waals surface area contributed by atoms with E-state index in [-0.39, 0.29) is 0 Å². The van der Waals surface area contributed by atoms with Gasteiger partial charge in [0.1, 0.15) is 0 Å². The van der Waals surface area contributed by atoms with Gasteiger partial charge in [-0.05, 0) is 42.9 Å². The molecule has 0 heterocycles. The minimum atomic E-state index is 0.851. The molecule has 0 atom stereocenters. The van der Waals surface area contributed by atoms with Gasteiger partial charge < -0.3 is 0 Å². The maximum absolute atomic E-state index is 9.13. The maximum atomic E-state index is 9.13. The Bertz CT molecular complexity index is 683. The Labute approximate surface area is 179 Å². The Hall–Kier alpha value is -2.07. The van der Waals surface area contributed by atoms with Gasteiger partial charge in [-0.2, -0.15) is 5.26 Å². The van der Waals surface area contributed by atoms with Crippen molar-refractivity contribution in [2.75, 3.05) is 0 Å². The third-order valence-electron chi connectivity index (χ3n) is 5.89. The van der Waals surface area contributed by atoms with Crippen molar-refractivity contribution >= 4 is 0 Å². The van der Waals surface area contributed by atoms with Gasteiger partial charge in [-0.3, -0.25) is 0 Å². The van der Waals surface area contributed by atoms with Gasteiger partial charge in [0.25, 0.3) is 0 Å². The van der Waals surface area contributed by atoms with Gasteiger partial charge in [0, 0.05) is 0 Å². The number of hydrogen-bond donors (Lipinski definition) is 0. The van der Waals surface area contributed by atoms with Gasteiger partial charge in [-0.15, -0.1) is 0 Å². The van der Waals surface area contributed by atoms with E-state index in [1.165, 1.54) is 101 Å². The second kappa shape index (κ2) is 15.8. The number of nitriles is 1. The number of nitrogens with zero attached hydrogens (tertiary/aromatic N) is 1. The van der Waals surface area contributed by atoms with E-state index in [1.807, 2.05) is 18.2 Å². The van der Waals surface area contributed by atoms with Gasteiger partial charge in [0.15, 0.2) is 0 Å². The molecule has 0 N–H and O–H groups in total. The summed E-state index contributed by atoms with van der Waals surface area (Å²) < 4.78 is 0. The molecule has 0 spiro atoms. The molecular formula is C28H39N. The number of benzene rings is 2. The fraction of sp³-hybridized carbons (Fsp3) is 0.536. The normalized spacial score (nSPS) is 10.7. The predicted octanol–water partition coefficient (Wildman–Crippen LogP) is 8.41. The average Bonchev–Trinajstić information content (AvgIpc) is 2.77. The zero-order chi connectivity index (χ0) is 20.4. The van der Waals surface area contributed by atoms with Crippen molar-refractivity contribution in [1.29, 1.82) is 5.26 Å². The van der Waals surface area contributed by atoms with Crippen molar-refractivity contribution < 1.29 is 0 Å². The molecule has 0 unspecified atom stereocenters. The first kappa shape index (κ1) is 23.2. The minimum absolute atomic E-state index is 0.851. The molecule has 2 aromatic carbocycles. The van der Waals surface area contributed by atoms with E-state index in [2.05, 4.69) is 42.5 Å². The molecule has 0 saturated carbocycles. The van der Waals surface area contributed by atoms with Gasteiger partial charge in [-0.25, -0.2) is 0 Å². The first-order valence-electron chi connectivity index (χ1n) is 11.9. The lowest BCUT2D eigenvalue weighted by Gasteiger charge is -2.05. The Morgan fingerprint density at radius 2 is 0.931 bits per heavy atom. The molecule has 0 aliphatic rings. The van der Waals surface area contributed by atoms with E-state index in [1.54, 1.807) is 0 Å². The largest absolute Gasteiger partial charge is 0.192 e. The molecule has 0 aromatic heterocycles. The second-order valence-corrected chi connectivity index (χ2v) is 8.35. The Morgan fingerprint density at radius 3 is 1.48 bits per heavy atom. The SMILES string of the molecule is N#Cc1ccccc1CCCCCCCCCCCCCCCc1ccccc1. The molecule has 156 valence electrons. The summed E-state index contributed by atoms with van der Waals surface area (Å²) >= 11 is 0. The van der Waals surface area contributed by atoms with E-state index < -0.39 is 0 Å². The minimum Gasteiger partial charge on any atom is -0.192 e. The van der Waals surface area contributed by atoms with Gasteiger partial charge in [0.2, 0.25) is 0 Å². The molecular weight excluding hydrogens is 350 g/mol. The highest BCUT2D eigenvalue weighted by atomic mass is 14.2. The van der Waals surface area contributed by atoms with Crippen LogP contribution in [-0.2, 0) is 12.8 Å². The lowest BCUT2D eigenvalue weighted by Crippen LogP contribution is -1.90. The first-order valence-corrected chi connectivity index (χ1v) is 11.9. The topological polar surface area (TPSA) is 23.8 Å². The Morgan fingerprint density at radius 1 is 0.483 bits per heavy atom. The van der Waals surface area contributed by atoms with E-state index >= 15 is 0 Å². The maximum Gasteiger partial charge on any atom is 0.0994 e. The van der Waals surface area contributed by atoms with Gasteiger partial charge in [-0.1, -0.05) is 119 Å².